The van der Waals surface area contributed by atoms with Gasteiger partial charge in [0, 0.05) is 30.1 Å². The summed E-state index contributed by atoms with van der Waals surface area (Å²) in [6.45, 7) is 1.28. The number of halogens is 1. The van der Waals surface area contributed by atoms with Crippen LogP contribution in [0.4, 0.5) is 0 Å². The van der Waals surface area contributed by atoms with E-state index in [1.165, 1.54) is 0 Å². The minimum Gasteiger partial charge on any atom is -0.497 e. The van der Waals surface area contributed by atoms with E-state index in [4.69, 9.17) is 13.9 Å². The lowest BCUT2D eigenvalue weighted by atomic mass is 9.66. The lowest BCUT2D eigenvalue weighted by Gasteiger charge is -2.52. The molecule has 2 N–H and O–H groups in total. The molecule has 2 aromatic rings. The number of hydrogen-bond acceptors (Lipinski definition) is 6. The van der Waals surface area contributed by atoms with Crippen LogP contribution in [0.3, 0.4) is 0 Å². The van der Waals surface area contributed by atoms with E-state index in [1.807, 2.05) is 30.3 Å². The van der Waals surface area contributed by atoms with Crippen molar-refractivity contribution in [3.05, 3.63) is 47.9 Å². The first-order valence-electron chi connectivity index (χ1n) is 11.0. The van der Waals surface area contributed by atoms with Gasteiger partial charge in [-0.25, -0.2) is 0 Å². The quantitative estimate of drug-likeness (QED) is 0.650. The predicted molar refractivity (Wildman–Crippen MR) is 123 cm³/mol. The van der Waals surface area contributed by atoms with E-state index in [1.54, 1.807) is 20.5 Å². The molecule has 2 heterocycles. The molecule has 1 aromatic carbocycles. The number of nitrogens with one attached hydrogen (secondary N) is 1. The van der Waals surface area contributed by atoms with Crippen LogP contribution in [0.15, 0.2) is 41.0 Å². The Labute approximate surface area is 195 Å². The zero-order valence-corrected chi connectivity index (χ0v) is 19.5. The Morgan fingerprint density at radius 3 is 2.81 bits per heavy atom. The molecule has 1 aromatic heterocycles. The molecule has 8 heteroatoms. The summed E-state index contributed by atoms with van der Waals surface area (Å²) in [5.41, 5.74) is 0.293. The number of nitrogens with zero attached hydrogens (tertiary/aromatic N) is 1. The Morgan fingerprint density at radius 2 is 2.09 bits per heavy atom. The highest BCUT2D eigenvalue weighted by Crippen LogP contribution is 2.51. The van der Waals surface area contributed by atoms with Crippen LogP contribution < -0.4 is 14.8 Å². The molecule has 7 nitrogen and oxygen atoms in total. The molecule has 1 saturated heterocycles. The first kappa shape index (κ1) is 24.4. The maximum atomic E-state index is 12.8. The molecule has 4 rings (SSSR count). The van der Waals surface area contributed by atoms with Gasteiger partial charge in [-0.3, -0.25) is 9.69 Å². The molecule has 3 atom stereocenters. The summed E-state index contributed by atoms with van der Waals surface area (Å²) in [5.74, 6) is 2.16. The number of carbonyl (C=O) groups excluding carboxylic acids is 1. The lowest BCUT2D eigenvalue weighted by Crippen LogP contribution is -2.56. The Balaban J connectivity index is 0.00000289. The van der Waals surface area contributed by atoms with Crippen molar-refractivity contribution in [3.63, 3.8) is 0 Å². The Morgan fingerprint density at radius 1 is 1.25 bits per heavy atom. The number of hydrogen-bond donors (Lipinski definition) is 2. The number of likely N-dealkylation sites (tertiary alicyclic amines) is 1. The Kier molecular flexibility index (Phi) is 8.09. The van der Waals surface area contributed by atoms with Crippen LogP contribution in [0.1, 0.15) is 49.5 Å². The van der Waals surface area contributed by atoms with Gasteiger partial charge in [0.15, 0.2) is 0 Å². The minimum atomic E-state index is -0.699. The largest absolute Gasteiger partial charge is 0.497 e. The van der Waals surface area contributed by atoms with Gasteiger partial charge in [0.2, 0.25) is 5.91 Å². The minimum absolute atomic E-state index is 0. The predicted octanol–water partition coefficient (Wildman–Crippen LogP) is 3.70. The van der Waals surface area contributed by atoms with E-state index in [-0.39, 0.29) is 36.8 Å². The number of carbonyl (C=O) groups is 1. The van der Waals surface area contributed by atoms with Crippen molar-refractivity contribution in [1.82, 2.24) is 10.2 Å². The molecule has 0 spiro atoms. The molecule has 176 valence electrons. The molecule has 0 bridgehead atoms. The smallest absolute Gasteiger partial charge is 0.234 e. The van der Waals surface area contributed by atoms with Gasteiger partial charge in [0.25, 0.3) is 0 Å². The van der Waals surface area contributed by atoms with Crippen LogP contribution in [0.2, 0.25) is 0 Å². The summed E-state index contributed by atoms with van der Waals surface area (Å²) < 4.78 is 16.4. The fraction of sp³-hybridized carbons (Fsp3) is 0.542. The van der Waals surface area contributed by atoms with E-state index >= 15 is 0 Å². The molecular weight excluding hydrogens is 432 g/mol. The topological polar surface area (TPSA) is 84.2 Å². The van der Waals surface area contributed by atoms with E-state index in [9.17, 15) is 9.90 Å². The standard InChI is InChI=1S/C24H32N2O5.ClH/c1-29-17-8-9-19(21(14-17)30-2)23-20-7-3-4-10-24(20,28)11-12-26(23)16-22(27)25-15-18-6-5-13-31-18;/h5-6,8-9,13-14,20,23,28H,3-4,7,10-12,15-16H2,1-2H3,(H,25,27);1H/t20?,23-,24?;/m0./s1. The van der Waals surface area contributed by atoms with Crippen molar-refractivity contribution in [2.75, 3.05) is 27.3 Å². The van der Waals surface area contributed by atoms with E-state index in [0.29, 0.717) is 19.5 Å². The number of methoxy groups -OCH3 is 2. The van der Waals surface area contributed by atoms with Crippen LogP contribution in [0.5, 0.6) is 11.5 Å². The van der Waals surface area contributed by atoms with E-state index < -0.39 is 5.60 Å². The number of rotatable bonds is 7. The average Bonchev–Trinajstić information content (AvgIpc) is 3.31. The normalized spacial score (nSPS) is 25.3. The van der Waals surface area contributed by atoms with Crippen LogP contribution in [0.25, 0.3) is 0 Å². The zero-order chi connectivity index (χ0) is 21.8. The monoisotopic (exact) mass is 464 g/mol. The molecule has 2 fully saturated rings. The summed E-state index contributed by atoms with van der Waals surface area (Å²) >= 11 is 0. The zero-order valence-electron chi connectivity index (χ0n) is 18.7. The number of ether oxygens (including phenoxy) is 2. The molecule has 32 heavy (non-hydrogen) atoms. The highest BCUT2D eigenvalue weighted by molar-refractivity contribution is 5.85. The second-order valence-electron chi connectivity index (χ2n) is 8.59. The van der Waals surface area contributed by atoms with Gasteiger partial charge in [0.05, 0.1) is 39.2 Å². The fourth-order valence-corrected chi connectivity index (χ4v) is 5.24. The third-order valence-electron chi connectivity index (χ3n) is 6.82. The van der Waals surface area contributed by atoms with Crippen LogP contribution >= 0.6 is 12.4 Å². The van der Waals surface area contributed by atoms with Gasteiger partial charge in [0.1, 0.15) is 17.3 Å². The van der Waals surface area contributed by atoms with Crippen LogP contribution in [0, 0.1) is 5.92 Å². The van der Waals surface area contributed by atoms with Gasteiger partial charge in [-0.1, -0.05) is 18.9 Å². The van der Waals surface area contributed by atoms with Gasteiger partial charge in [-0.05, 0) is 37.5 Å². The molecule has 2 unspecified atom stereocenters. The number of benzene rings is 1. The van der Waals surface area contributed by atoms with Crippen molar-refractivity contribution >= 4 is 18.3 Å². The van der Waals surface area contributed by atoms with Crippen LogP contribution in [-0.2, 0) is 11.3 Å². The molecule has 1 aliphatic heterocycles. The average molecular weight is 465 g/mol. The number of aliphatic hydroxyl groups is 1. The SMILES string of the molecule is COc1ccc([C@H]2C3CCCCC3(O)CCN2CC(=O)NCc2ccco2)c(OC)c1.Cl. The number of furan rings is 1. The molecule has 1 amide bonds. The van der Waals surface area contributed by atoms with E-state index in [0.717, 1.165) is 48.5 Å². The molecule has 0 radical (unpaired) electrons. The van der Waals surface area contributed by atoms with Gasteiger partial charge < -0.3 is 24.3 Å². The summed E-state index contributed by atoms with van der Waals surface area (Å²) in [7, 11) is 3.28. The van der Waals surface area contributed by atoms with Crippen molar-refractivity contribution < 1.29 is 23.8 Å². The van der Waals surface area contributed by atoms with Gasteiger partial charge in [-0.2, -0.15) is 0 Å². The number of piperidine rings is 1. The third-order valence-corrected chi connectivity index (χ3v) is 6.82. The summed E-state index contributed by atoms with van der Waals surface area (Å²) in [6.07, 6.45) is 6.15. The summed E-state index contributed by atoms with van der Waals surface area (Å²) in [5, 5.41) is 14.4. The molecule has 1 aliphatic carbocycles. The van der Waals surface area contributed by atoms with Crippen molar-refractivity contribution in [2.45, 2.75) is 50.3 Å². The first-order valence-corrected chi connectivity index (χ1v) is 11.0. The Hall–Kier alpha value is -2.22. The maximum absolute atomic E-state index is 12.8. The van der Waals surface area contributed by atoms with Crippen molar-refractivity contribution in [3.8, 4) is 11.5 Å². The highest BCUT2D eigenvalue weighted by Gasteiger charge is 2.49. The fourth-order valence-electron chi connectivity index (χ4n) is 5.24. The van der Waals surface area contributed by atoms with Crippen LogP contribution in [-0.4, -0.2) is 48.8 Å². The molecule has 1 saturated carbocycles. The third kappa shape index (κ3) is 5.05. The summed E-state index contributed by atoms with van der Waals surface area (Å²) in [6, 6.07) is 9.35. The molecular formula is C24H33ClN2O5. The number of fused-ring (bicyclic) bond motifs is 1. The van der Waals surface area contributed by atoms with Crippen molar-refractivity contribution in [2.24, 2.45) is 5.92 Å². The van der Waals surface area contributed by atoms with Gasteiger partial charge in [-0.15, -0.1) is 12.4 Å². The molecule has 2 aliphatic rings. The summed E-state index contributed by atoms with van der Waals surface area (Å²) in [4.78, 5) is 15.0. The number of amides is 1. The van der Waals surface area contributed by atoms with E-state index in [2.05, 4.69) is 10.2 Å². The first-order chi connectivity index (χ1) is 15.0. The van der Waals surface area contributed by atoms with Crippen molar-refractivity contribution in [1.29, 1.82) is 0 Å². The Bertz CT molecular complexity index is 891. The lowest BCUT2D eigenvalue weighted by molar-refractivity contribution is -0.138. The second-order valence-corrected chi connectivity index (χ2v) is 8.59. The highest BCUT2D eigenvalue weighted by atomic mass is 35.5. The second kappa shape index (κ2) is 10.6. The maximum Gasteiger partial charge on any atom is 0.234 e. The van der Waals surface area contributed by atoms with Gasteiger partial charge >= 0.3 is 0 Å².